The van der Waals surface area contributed by atoms with E-state index in [9.17, 15) is 22.7 Å². The average molecular weight is 351 g/mol. The fraction of sp³-hybridized carbons (Fsp3) is 0.417. The molecule has 0 aromatic heterocycles. The molecule has 1 aromatic rings. The van der Waals surface area contributed by atoms with Gasteiger partial charge < -0.3 is 5.11 Å². The molecular formula is C12H12BrFO4S. The highest BCUT2D eigenvalue weighted by Crippen LogP contribution is 2.45. The number of sulfone groups is 1. The summed E-state index contributed by atoms with van der Waals surface area (Å²) >= 11 is 3.02. The number of carboxylic acids is 1. The largest absolute Gasteiger partial charge is 0.481 e. The topological polar surface area (TPSA) is 71.4 Å². The zero-order chi connectivity index (χ0) is 14.4. The Balaban J connectivity index is 2.61. The quantitative estimate of drug-likeness (QED) is 0.908. The van der Waals surface area contributed by atoms with Crippen molar-refractivity contribution >= 4 is 31.7 Å². The summed E-state index contributed by atoms with van der Waals surface area (Å²) in [7, 11) is -3.70. The smallest absolute Gasteiger partial charge is 0.314 e. The second kappa shape index (κ2) is 4.56. The van der Waals surface area contributed by atoms with Crippen molar-refractivity contribution in [1.82, 2.24) is 0 Å². The number of carboxylic acid groups (broad SMARTS) is 1. The van der Waals surface area contributed by atoms with Gasteiger partial charge in [0, 0.05) is 10.7 Å². The van der Waals surface area contributed by atoms with E-state index in [0.29, 0.717) is 18.4 Å². The van der Waals surface area contributed by atoms with Gasteiger partial charge >= 0.3 is 5.97 Å². The fourth-order valence-corrected chi connectivity index (χ4v) is 4.49. The fourth-order valence-electron chi connectivity index (χ4n) is 2.35. The van der Waals surface area contributed by atoms with Crippen LogP contribution in [-0.2, 0) is 20.0 Å². The molecular weight excluding hydrogens is 339 g/mol. The zero-order valence-corrected chi connectivity index (χ0v) is 12.5. The van der Waals surface area contributed by atoms with Crippen molar-refractivity contribution in [1.29, 1.82) is 0 Å². The lowest BCUT2D eigenvalue weighted by Crippen LogP contribution is -2.42. The Morgan fingerprint density at radius 2 is 2.00 bits per heavy atom. The summed E-state index contributed by atoms with van der Waals surface area (Å²) < 4.78 is 37.0. The molecule has 0 unspecified atom stereocenters. The highest BCUT2D eigenvalue weighted by atomic mass is 79.9. The van der Waals surface area contributed by atoms with Crippen LogP contribution < -0.4 is 0 Å². The molecule has 1 fully saturated rings. The van der Waals surface area contributed by atoms with E-state index in [1.165, 1.54) is 6.07 Å². The molecule has 0 spiro atoms. The maximum Gasteiger partial charge on any atom is 0.314 e. The first-order valence-corrected chi connectivity index (χ1v) is 8.30. The normalized spacial score (nSPS) is 17.8. The van der Waals surface area contributed by atoms with Crippen molar-refractivity contribution in [3.05, 3.63) is 28.0 Å². The molecule has 7 heteroatoms. The van der Waals surface area contributed by atoms with Crippen molar-refractivity contribution in [2.75, 3.05) is 6.26 Å². The van der Waals surface area contributed by atoms with E-state index < -0.39 is 31.9 Å². The van der Waals surface area contributed by atoms with Crippen molar-refractivity contribution in [2.45, 2.75) is 29.6 Å². The third-order valence-electron chi connectivity index (χ3n) is 3.54. The van der Waals surface area contributed by atoms with E-state index in [0.717, 1.165) is 18.7 Å². The minimum absolute atomic E-state index is 0.0672. The lowest BCUT2D eigenvalue weighted by Gasteiger charge is -2.38. The van der Waals surface area contributed by atoms with Gasteiger partial charge in [-0.3, -0.25) is 4.79 Å². The number of carbonyl (C=O) groups is 1. The second-order valence-electron chi connectivity index (χ2n) is 4.78. The minimum atomic E-state index is -3.70. The van der Waals surface area contributed by atoms with Gasteiger partial charge in [-0.15, -0.1) is 0 Å². The zero-order valence-electron chi connectivity index (χ0n) is 10.1. The van der Waals surface area contributed by atoms with Crippen LogP contribution in [0.3, 0.4) is 0 Å². The summed E-state index contributed by atoms with van der Waals surface area (Å²) in [4.78, 5) is 10.9. The molecule has 0 saturated heterocycles. The van der Waals surface area contributed by atoms with Crippen LogP contribution in [0.4, 0.5) is 4.39 Å². The van der Waals surface area contributed by atoms with Gasteiger partial charge in [-0.25, -0.2) is 12.8 Å². The van der Waals surface area contributed by atoms with Gasteiger partial charge in [-0.1, -0.05) is 6.42 Å². The highest BCUT2D eigenvalue weighted by molar-refractivity contribution is 9.10. The van der Waals surface area contributed by atoms with Crippen LogP contribution in [-0.4, -0.2) is 25.7 Å². The van der Waals surface area contributed by atoms with E-state index in [4.69, 9.17) is 0 Å². The van der Waals surface area contributed by atoms with Crippen molar-refractivity contribution in [2.24, 2.45) is 0 Å². The molecule has 1 aliphatic rings. The molecule has 1 aromatic carbocycles. The summed E-state index contributed by atoms with van der Waals surface area (Å²) in [6.07, 6.45) is 2.55. The third kappa shape index (κ3) is 2.29. The van der Waals surface area contributed by atoms with Crippen molar-refractivity contribution in [3.63, 3.8) is 0 Å². The molecule has 0 amide bonds. The first-order chi connectivity index (χ1) is 8.68. The first kappa shape index (κ1) is 14.5. The molecule has 0 radical (unpaired) electrons. The molecule has 0 heterocycles. The maximum absolute atomic E-state index is 14.0. The average Bonchev–Trinajstić information content (AvgIpc) is 2.10. The molecule has 4 nitrogen and oxygen atoms in total. The van der Waals surface area contributed by atoms with Crippen LogP contribution in [0.25, 0.3) is 0 Å². The third-order valence-corrected chi connectivity index (χ3v) is 5.58. The molecule has 104 valence electrons. The van der Waals surface area contributed by atoms with Crippen molar-refractivity contribution < 1.29 is 22.7 Å². The molecule has 2 rings (SSSR count). The Morgan fingerprint density at radius 3 is 2.32 bits per heavy atom. The van der Waals surface area contributed by atoms with Gasteiger partial charge in [-0.05, 0) is 46.5 Å². The second-order valence-corrected chi connectivity index (χ2v) is 7.59. The summed E-state index contributed by atoms with van der Waals surface area (Å²) in [6.45, 7) is 0. The van der Waals surface area contributed by atoms with Gasteiger partial charge in [0.1, 0.15) is 10.7 Å². The lowest BCUT2D eigenvalue weighted by molar-refractivity contribution is -0.147. The van der Waals surface area contributed by atoms with Gasteiger partial charge in [0.25, 0.3) is 0 Å². The van der Waals surface area contributed by atoms with Crippen LogP contribution in [0, 0.1) is 5.82 Å². The Bertz CT molecular complexity index is 627. The molecule has 19 heavy (non-hydrogen) atoms. The van der Waals surface area contributed by atoms with Gasteiger partial charge in [0.15, 0.2) is 9.84 Å². The van der Waals surface area contributed by atoms with Crippen LogP contribution in [0.5, 0.6) is 0 Å². The maximum atomic E-state index is 14.0. The summed E-state index contributed by atoms with van der Waals surface area (Å²) in [5, 5.41) is 9.29. The predicted octanol–water partition coefficient (Wildman–Crippen LogP) is 2.50. The van der Waals surface area contributed by atoms with E-state index in [2.05, 4.69) is 15.9 Å². The standard InChI is InChI=1S/C12H12BrFO4S/c1-19(17,18)10-8(13)5-7(6-9(10)14)12(11(15)16)3-2-4-12/h5-6H,2-4H2,1H3,(H,15,16). The number of hydrogen-bond donors (Lipinski definition) is 1. The SMILES string of the molecule is CS(=O)(=O)c1c(F)cc(C2(C(=O)O)CCC2)cc1Br. The van der Waals surface area contributed by atoms with E-state index in [-0.39, 0.29) is 4.47 Å². The molecule has 1 saturated carbocycles. The molecule has 0 bridgehead atoms. The first-order valence-electron chi connectivity index (χ1n) is 5.61. The molecule has 0 aliphatic heterocycles. The number of benzene rings is 1. The molecule has 1 N–H and O–H groups in total. The van der Waals surface area contributed by atoms with Crippen LogP contribution in [0.1, 0.15) is 24.8 Å². The molecule has 0 atom stereocenters. The van der Waals surface area contributed by atoms with Gasteiger partial charge in [0.2, 0.25) is 0 Å². The number of rotatable bonds is 3. The monoisotopic (exact) mass is 350 g/mol. The summed E-state index contributed by atoms with van der Waals surface area (Å²) in [5.41, 5.74) is -0.776. The lowest BCUT2D eigenvalue weighted by atomic mass is 9.64. The van der Waals surface area contributed by atoms with Crippen LogP contribution in [0.15, 0.2) is 21.5 Å². The molecule has 1 aliphatic carbocycles. The predicted molar refractivity (Wildman–Crippen MR) is 70.4 cm³/mol. The summed E-state index contributed by atoms with van der Waals surface area (Å²) in [6, 6.07) is 2.42. The Hall–Kier alpha value is -0.950. The van der Waals surface area contributed by atoms with E-state index >= 15 is 0 Å². The Labute approximate surface area is 118 Å². The number of hydrogen-bond acceptors (Lipinski definition) is 3. The van der Waals surface area contributed by atoms with Gasteiger partial charge in [-0.2, -0.15) is 0 Å². The highest BCUT2D eigenvalue weighted by Gasteiger charge is 2.46. The number of halogens is 2. The van der Waals surface area contributed by atoms with E-state index in [1.807, 2.05) is 0 Å². The number of aliphatic carboxylic acids is 1. The van der Waals surface area contributed by atoms with E-state index in [1.54, 1.807) is 0 Å². The Kier molecular flexibility index (Phi) is 3.47. The van der Waals surface area contributed by atoms with Crippen LogP contribution in [0.2, 0.25) is 0 Å². The Morgan fingerprint density at radius 1 is 1.42 bits per heavy atom. The minimum Gasteiger partial charge on any atom is -0.481 e. The van der Waals surface area contributed by atoms with Gasteiger partial charge in [0.05, 0.1) is 5.41 Å². The van der Waals surface area contributed by atoms with Crippen LogP contribution >= 0.6 is 15.9 Å². The van der Waals surface area contributed by atoms with Crippen molar-refractivity contribution in [3.8, 4) is 0 Å². The summed E-state index contributed by atoms with van der Waals surface area (Å²) in [5.74, 6) is -1.92.